The average Bonchev–Trinajstić information content (AvgIpc) is 3.43. The summed E-state index contributed by atoms with van der Waals surface area (Å²) in [6.45, 7) is 9.16. The van der Waals surface area contributed by atoms with E-state index in [9.17, 15) is 0 Å². The van der Waals surface area contributed by atoms with Gasteiger partial charge in [-0.3, -0.25) is 0 Å². The molecule has 5 rings (SSSR count). The van der Waals surface area contributed by atoms with Crippen molar-refractivity contribution in [1.82, 2.24) is 19.5 Å². The zero-order valence-corrected chi connectivity index (χ0v) is 17.2. The number of oxime groups is 1. The van der Waals surface area contributed by atoms with Gasteiger partial charge in [-0.15, -0.1) is 0 Å². The Morgan fingerprint density at radius 2 is 1.79 bits per heavy atom. The summed E-state index contributed by atoms with van der Waals surface area (Å²) in [5.41, 5.74) is 7.76. The van der Waals surface area contributed by atoms with E-state index in [1.54, 1.807) is 6.33 Å². The Hall–Kier alpha value is -2.96. The predicted molar refractivity (Wildman–Crippen MR) is 113 cm³/mol. The first-order chi connectivity index (χ1) is 14.1. The van der Waals surface area contributed by atoms with E-state index in [-0.39, 0.29) is 6.10 Å². The highest BCUT2D eigenvalue weighted by Crippen LogP contribution is 2.27. The number of rotatable bonds is 4. The van der Waals surface area contributed by atoms with E-state index in [1.165, 1.54) is 35.1 Å². The zero-order valence-electron chi connectivity index (χ0n) is 17.2. The van der Waals surface area contributed by atoms with E-state index in [1.807, 2.05) is 6.33 Å². The second-order valence-electron chi connectivity index (χ2n) is 8.20. The van der Waals surface area contributed by atoms with Gasteiger partial charge in [0, 0.05) is 25.1 Å². The quantitative estimate of drug-likeness (QED) is 0.681. The Kier molecular flexibility index (Phi) is 4.45. The van der Waals surface area contributed by atoms with Crippen LogP contribution in [0.5, 0.6) is 0 Å². The Balaban J connectivity index is 1.36. The van der Waals surface area contributed by atoms with Gasteiger partial charge in [-0.05, 0) is 44.7 Å². The van der Waals surface area contributed by atoms with Gasteiger partial charge < -0.3 is 14.3 Å². The Morgan fingerprint density at radius 1 is 1.03 bits per heavy atom. The molecule has 0 saturated carbocycles. The molecule has 0 amide bonds. The molecule has 2 aliphatic heterocycles. The minimum atomic E-state index is -0.0206. The van der Waals surface area contributed by atoms with Gasteiger partial charge in [0.2, 0.25) is 0 Å². The van der Waals surface area contributed by atoms with Crippen LogP contribution in [0, 0.1) is 20.8 Å². The molecule has 1 saturated heterocycles. The van der Waals surface area contributed by atoms with Crippen molar-refractivity contribution in [3.63, 3.8) is 0 Å². The molecule has 3 aromatic rings. The van der Waals surface area contributed by atoms with Gasteiger partial charge in [-0.2, -0.15) is 0 Å². The van der Waals surface area contributed by atoms with Crippen LogP contribution in [0.2, 0.25) is 0 Å². The van der Waals surface area contributed by atoms with E-state index >= 15 is 0 Å². The second kappa shape index (κ2) is 7.13. The predicted octanol–water partition coefficient (Wildman–Crippen LogP) is 3.54. The molecule has 0 bridgehead atoms. The zero-order chi connectivity index (χ0) is 20.0. The maximum Gasteiger partial charge on any atom is 0.165 e. The first-order valence-electron chi connectivity index (χ1n) is 10.3. The van der Waals surface area contributed by atoms with Crippen LogP contribution in [0.15, 0.2) is 29.9 Å². The lowest BCUT2D eigenvalue weighted by Crippen LogP contribution is -2.20. The molecule has 2 aromatic heterocycles. The summed E-state index contributed by atoms with van der Waals surface area (Å²) < 4.78 is 2.06. The Labute approximate surface area is 170 Å². The van der Waals surface area contributed by atoms with Gasteiger partial charge in [0.1, 0.15) is 6.33 Å². The summed E-state index contributed by atoms with van der Waals surface area (Å²) in [5.74, 6) is 0.946. The van der Waals surface area contributed by atoms with Crippen molar-refractivity contribution in [2.75, 3.05) is 18.0 Å². The highest BCUT2D eigenvalue weighted by molar-refractivity contribution is 6.03. The third-order valence-corrected chi connectivity index (χ3v) is 5.89. The molecule has 4 heterocycles. The fourth-order valence-electron chi connectivity index (χ4n) is 4.69. The molecule has 1 fully saturated rings. The monoisotopic (exact) mass is 390 g/mol. The van der Waals surface area contributed by atoms with E-state index in [0.29, 0.717) is 6.54 Å². The molecular formula is C22H26N6O. The van der Waals surface area contributed by atoms with E-state index in [2.05, 4.69) is 62.5 Å². The summed E-state index contributed by atoms with van der Waals surface area (Å²) in [7, 11) is 0. The molecular weight excluding hydrogens is 364 g/mol. The van der Waals surface area contributed by atoms with Gasteiger partial charge in [-0.1, -0.05) is 22.9 Å². The van der Waals surface area contributed by atoms with Crippen LogP contribution < -0.4 is 4.90 Å². The van der Waals surface area contributed by atoms with Crippen LogP contribution >= 0.6 is 0 Å². The molecule has 7 heteroatoms. The van der Waals surface area contributed by atoms with Crippen molar-refractivity contribution < 1.29 is 4.84 Å². The van der Waals surface area contributed by atoms with Crippen molar-refractivity contribution in [3.8, 4) is 0 Å². The molecule has 29 heavy (non-hydrogen) atoms. The van der Waals surface area contributed by atoms with Crippen LogP contribution in [-0.4, -0.2) is 44.4 Å². The largest absolute Gasteiger partial charge is 0.390 e. The minimum Gasteiger partial charge on any atom is -0.390 e. The number of anilines is 1. The first-order valence-corrected chi connectivity index (χ1v) is 10.3. The minimum absolute atomic E-state index is 0.0206. The van der Waals surface area contributed by atoms with Crippen LogP contribution in [0.25, 0.3) is 11.2 Å². The summed E-state index contributed by atoms with van der Waals surface area (Å²) in [6, 6.07) is 4.41. The number of nitrogens with zero attached hydrogens (tertiary/aromatic N) is 6. The molecule has 0 spiro atoms. The molecule has 1 unspecified atom stereocenters. The summed E-state index contributed by atoms with van der Waals surface area (Å²) in [4.78, 5) is 21.7. The molecule has 7 nitrogen and oxygen atoms in total. The van der Waals surface area contributed by atoms with Gasteiger partial charge in [0.15, 0.2) is 23.1 Å². The van der Waals surface area contributed by atoms with Gasteiger partial charge in [-0.25, -0.2) is 15.0 Å². The van der Waals surface area contributed by atoms with Crippen molar-refractivity contribution >= 4 is 22.7 Å². The standard InChI is InChI=1S/C22H26N6O/c1-14-8-15(2)19(16(3)9-14)18-10-17(29-26-18)11-28-13-25-20-21(23-12-24-22(20)28)27-6-4-5-7-27/h8-9,12-13,17H,4-7,10-11H2,1-3H3. The second-order valence-corrected chi connectivity index (χ2v) is 8.20. The Bertz CT molecular complexity index is 1070. The van der Waals surface area contributed by atoms with Crippen molar-refractivity contribution in [2.24, 2.45) is 5.16 Å². The van der Waals surface area contributed by atoms with Crippen LogP contribution in [0.4, 0.5) is 5.82 Å². The van der Waals surface area contributed by atoms with Crippen molar-refractivity contribution in [1.29, 1.82) is 0 Å². The average molecular weight is 390 g/mol. The molecule has 1 atom stereocenters. The van der Waals surface area contributed by atoms with Crippen LogP contribution in [0.1, 0.15) is 41.5 Å². The fourth-order valence-corrected chi connectivity index (χ4v) is 4.69. The first kappa shape index (κ1) is 18.1. The van der Waals surface area contributed by atoms with Crippen LogP contribution in [-0.2, 0) is 11.4 Å². The number of hydrogen-bond donors (Lipinski definition) is 0. The molecule has 0 radical (unpaired) electrons. The lowest BCUT2D eigenvalue weighted by molar-refractivity contribution is 0.0732. The molecule has 1 aromatic carbocycles. The van der Waals surface area contributed by atoms with Gasteiger partial charge in [0.25, 0.3) is 0 Å². The number of hydrogen-bond acceptors (Lipinski definition) is 6. The number of benzene rings is 1. The summed E-state index contributed by atoms with van der Waals surface area (Å²) in [6.07, 6.45) is 6.68. The topological polar surface area (TPSA) is 68.4 Å². The summed E-state index contributed by atoms with van der Waals surface area (Å²) >= 11 is 0. The van der Waals surface area contributed by atoms with E-state index in [4.69, 9.17) is 4.84 Å². The highest BCUT2D eigenvalue weighted by atomic mass is 16.6. The fraction of sp³-hybridized carbons (Fsp3) is 0.455. The molecule has 0 aliphatic carbocycles. The Morgan fingerprint density at radius 3 is 2.55 bits per heavy atom. The van der Waals surface area contributed by atoms with Crippen LogP contribution in [0.3, 0.4) is 0 Å². The lowest BCUT2D eigenvalue weighted by atomic mass is 9.94. The molecule has 0 N–H and O–H groups in total. The summed E-state index contributed by atoms with van der Waals surface area (Å²) in [5, 5.41) is 4.42. The van der Waals surface area contributed by atoms with E-state index < -0.39 is 0 Å². The maximum atomic E-state index is 5.80. The van der Waals surface area contributed by atoms with Crippen molar-refractivity contribution in [2.45, 2.75) is 52.7 Å². The van der Waals surface area contributed by atoms with Gasteiger partial charge in [0.05, 0.1) is 18.6 Å². The number of imidazole rings is 1. The number of fused-ring (bicyclic) bond motifs is 1. The third kappa shape index (κ3) is 3.24. The van der Waals surface area contributed by atoms with Crippen molar-refractivity contribution in [3.05, 3.63) is 47.0 Å². The normalized spacial score (nSPS) is 19.1. The van der Waals surface area contributed by atoms with E-state index in [0.717, 1.165) is 42.2 Å². The number of aryl methyl sites for hydroxylation is 3. The molecule has 2 aliphatic rings. The third-order valence-electron chi connectivity index (χ3n) is 5.89. The number of aromatic nitrogens is 4. The highest BCUT2D eigenvalue weighted by Gasteiger charge is 2.26. The smallest absolute Gasteiger partial charge is 0.165 e. The molecule has 150 valence electrons. The maximum absolute atomic E-state index is 5.80. The lowest BCUT2D eigenvalue weighted by Gasteiger charge is -2.16. The van der Waals surface area contributed by atoms with Gasteiger partial charge >= 0.3 is 0 Å². The SMILES string of the molecule is Cc1cc(C)c(C2=NOC(Cn3cnc4c(N5CCCC5)ncnc43)C2)c(C)c1.